The minimum atomic E-state index is -3.39. The molecule has 0 spiro atoms. The smallest absolute Gasteiger partial charge is 0.276 e. The number of ether oxygens (including phenoxy) is 1. The Kier molecular flexibility index (Phi) is 4.43. The largest absolute Gasteiger partial charge is 0.376 e. The first-order chi connectivity index (χ1) is 10.8. The fourth-order valence-electron chi connectivity index (χ4n) is 3.38. The van der Waals surface area contributed by atoms with Gasteiger partial charge in [0.15, 0.2) is 5.69 Å². The summed E-state index contributed by atoms with van der Waals surface area (Å²) in [6, 6.07) is 1.14. The second-order valence-corrected chi connectivity index (χ2v) is 8.05. The van der Waals surface area contributed by atoms with E-state index in [-0.39, 0.29) is 30.2 Å². The molecule has 9 heteroatoms. The van der Waals surface area contributed by atoms with E-state index < -0.39 is 16.1 Å². The summed E-state index contributed by atoms with van der Waals surface area (Å²) in [5.41, 5.74) is 0.246. The van der Waals surface area contributed by atoms with Crippen LogP contribution in [0.2, 0.25) is 0 Å². The topological polar surface area (TPSA) is 102 Å². The number of carbonyl (C=O) groups is 1. The Morgan fingerprint density at radius 2 is 2.22 bits per heavy atom. The van der Waals surface area contributed by atoms with Gasteiger partial charge in [0.1, 0.15) is 5.76 Å². The Labute approximate surface area is 135 Å². The normalized spacial score (nSPS) is 28.4. The number of nitrogens with zero attached hydrogens (tertiary/aromatic N) is 2. The number of carbonyl (C=O) groups excluding carboxylic acids is 1. The Balaban J connectivity index is 1.80. The van der Waals surface area contributed by atoms with Crippen LogP contribution in [0.3, 0.4) is 0 Å². The summed E-state index contributed by atoms with van der Waals surface area (Å²) in [5.74, 6) is 0.440. The van der Waals surface area contributed by atoms with Crippen LogP contribution in [0.4, 0.5) is 0 Å². The van der Waals surface area contributed by atoms with E-state index in [0.29, 0.717) is 18.9 Å². The van der Waals surface area contributed by atoms with Crippen molar-refractivity contribution < 1.29 is 22.5 Å². The molecule has 8 nitrogen and oxygen atoms in total. The van der Waals surface area contributed by atoms with Gasteiger partial charge in [0.25, 0.3) is 5.91 Å². The van der Waals surface area contributed by atoms with Crippen molar-refractivity contribution in [3.05, 3.63) is 17.5 Å². The lowest BCUT2D eigenvalue weighted by atomic mass is 9.85. The molecule has 2 fully saturated rings. The van der Waals surface area contributed by atoms with Crippen molar-refractivity contribution in [3.63, 3.8) is 0 Å². The van der Waals surface area contributed by atoms with Crippen LogP contribution in [0.5, 0.6) is 0 Å². The molecule has 1 aromatic heterocycles. The molecule has 0 aromatic carbocycles. The molecule has 0 unspecified atom stereocenters. The summed E-state index contributed by atoms with van der Waals surface area (Å²) in [4.78, 5) is 14.2. The summed E-state index contributed by atoms with van der Waals surface area (Å²) in [7, 11) is -3.39. The lowest BCUT2D eigenvalue weighted by Crippen LogP contribution is -2.61. The molecule has 1 aromatic rings. The molecule has 3 heterocycles. The lowest BCUT2D eigenvalue weighted by molar-refractivity contribution is -0.0750. The third-order valence-electron chi connectivity index (χ3n) is 4.26. The number of hydrogen-bond acceptors (Lipinski definition) is 6. The van der Waals surface area contributed by atoms with Gasteiger partial charge in [-0.25, -0.2) is 13.1 Å². The van der Waals surface area contributed by atoms with E-state index in [4.69, 9.17) is 9.26 Å². The van der Waals surface area contributed by atoms with Crippen molar-refractivity contribution in [2.24, 2.45) is 5.92 Å². The number of nitrogens with one attached hydrogen (secondary N) is 1. The van der Waals surface area contributed by atoms with E-state index in [1.807, 2.05) is 0 Å². The Morgan fingerprint density at radius 3 is 2.87 bits per heavy atom. The van der Waals surface area contributed by atoms with Crippen LogP contribution in [-0.2, 0) is 14.8 Å². The molecule has 3 atom stereocenters. The van der Waals surface area contributed by atoms with E-state index >= 15 is 0 Å². The number of rotatable bonds is 3. The van der Waals surface area contributed by atoms with Gasteiger partial charge in [-0.1, -0.05) is 5.16 Å². The second-order valence-electron chi connectivity index (χ2n) is 6.27. The molecule has 2 aliphatic rings. The quantitative estimate of drug-likeness (QED) is 0.838. The zero-order chi connectivity index (χ0) is 16.6. The predicted molar refractivity (Wildman–Crippen MR) is 81.4 cm³/mol. The number of aryl methyl sites for hydroxylation is 1. The summed E-state index contributed by atoms with van der Waals surface area (Å²) in [6.07, 6.45) is 2.75. The zero-order valence-electron chi connectivity index (χ0n) is 13.2. The molecule has 3 rings (SSSR count). The van der Waals surface area contributed by atoms with Gasteiger partial charge in [-0.15, -0.1) is 0 Å². The van der Waals surface area contributed by atoms with Crippen LogP contribution in [0.25, 0.3) is 0 Å². The maximum absolute atomic E-state index is 12.6. The summed E-state index contributed by atoms with van der Waals surface area (Å²) in [5, 5.41) is 3.76. The van der Waals surface area contributed by atoms with E-state index in [0.717, 1.165) is 19.1 Å². The molecule has 2 saturated heterocycles. The number of sulfonamides is 1. The van der Waals surface area contributed by atoms with Crippen LogP contribution in [0.1, 0.15) is 29.1 Å². The van der Waals surface area contributed by atoms with Crippen molar-refractivity contribution in [1.29, 1.82) is 0 Å². The van der Waals surface area contributed by atoms with Crippen molar-refractivity contribution >= 4 is 15.9 Å². The van der Waals surface area contributed by atoms with Gasteiger partial charge in [-0.2, -0.15) is 0 Å². The van der Waals surface area contributed by atoms with Gasteiger partial charge < -0.3 is 14.2 Å². The Bertz CT molecular complexity index is 686. The summed E-state index contributed by atoms with van der Waals surface area (Å²) in [6.45, 7) is 3.15. The summed E-state index contributed by atoms with van der Waals surface area (Å²) >= 11 is 0. The van der Waals surface area contributed by atoms with E-state index in [9.17, 15) is 13.2 Å². The third kappa shape index (κ3) is 3.73. The highest BCUT2D eigenvalue weighted by atomic mass is 32.2. The molecule has 23 heavy (non-hydrogen) atoms. The fraction of sp³-hybridized carbons (Fsp3) is 0.714. The molecular weight excluding hydrogens is 322 g/mol. The molecule has 0 aliphatic carbocycles. The average molecular weight is 343 g/mol. The van der Waals surface area contributed by atoms with Crippen LogP contribution in [-0.4, -0.2) is 62.5 Å². The summed E-state index contributed by atoms with van der Waals surface area (Å²) < 4.78 is 36.6. The molecule has 2 aliphatic heterocycles. The minimum absolute atomic E-state index is 0.119. The minimum Gasteiger partial charge on any atom is -0.376 e. The van der Waals surface area contributed by atoms with Gasteiger partial charge in [0.05, 0.1) is 18.4 Å². The Hall–Kier alpha value is -1.45. The second kappa shape index (κ2) is 6.21. The molecule has 1 N–H and O–H groups in total. The van der Waals surface area contributed by atoms with E-state index in [2.05, 4.69) is 9.88 Å². The molecule has 0 radical (unpaired) electrons. The van der Waals surface area contributed by atoms with Crippen LogP contribution < -0.4 is 4.72 Å². The standard InChI is InChI=1S/C14H21N3O5S/c1-9-6-11(15-22-9)14(18)17-7-10-4-3-5-21-13(10)12(8-17)16-23(2,19)20/h6,10,12-13,16H,3-5,7-8H2,1-2H3/t10-,12+,13-/m0/s1. The van der Waals surface area contributed by atoms with E-state index in [1.165, 1.54) is 0 Å². The van der Waals surface area contributed by atoms with Crippen LogP contribution in [0.15, 0.2) is 10.6 Å². The number of amides is 1. The third-order valence-corrected chi connectivity index (χ3v) is 4.99. The van der Waals surface area contributed by atoms with Crippen molar-refractivity contribution in [2.45, 2.75) is 31.9 Å². The predicted octanol–water partition coefficient (Wildman–Crippen LogP) is 0.152. The molecule has 128 valence electrons. The van der Waals surface area contributed by atoms with Crippen molar-refractivity contribution in [3.8, 4) is 0 Å². The maximum Gasteiger partial charge on any atom is 0.276 e. The van der Waals surface area contributed by atoms with Gasteiger partial charge in [-0.3, -0.25) is 4.79 Å². The highest BCUT2D eigenvalue weighted by Gasteiger charge is 2.42. The maximum atomic E-state index is 12.6. The monoisotopic (exact) mass is 343 g/mol. The average Bonchev–Trinajstić information content (AvgIpc) is 2.91. The SMILES string of the molecule is Cc1cc(C(=O)N2C[C@@H]3CCCO[C@@H]3[C@H](NS(C)(=O)=O)C2)no1. The number of fused-ring (bicyclic) bond motifs is 1. The fourth-order valence-corrected chi connectivity index (χ4v) is 4.14. The van der Waals surface area contributed by atoms with Gasteiger partial charge in [0, 0.05) is 31.7 Å². The molecule has 0 bridgehead atoms. The van der Waals surface area contributed by atoms with Crippen molar-refractivity contribution in [1.82, 2.24) is 14.8 Å². The first kappa shape index (κ1) is 16.4. The van der Waals surface area contributed by atoms with Gasteiger partial charge in [0.2, 0.25) is 10.0 Å². The highest BCUT2D eigenvalue weighted by Crippen LogP contribution is 2.29. The van der Waals surface area contributed by atoms with Gasteiger partial charge >= 0.3 is 0 Å². The number of likely N-dealkylation sites (tertiary alicyclic amines) is 1. The highest BCUT2D eigenvalue weighted by molar-refractivity contribution is 7.88. The van der Waals surface area contributed by atoms with Crippen LogP contribution >= 0.6 is 0 Å². The Morgan fingerprint density at radius 1 is 1.43 bits per heavy atom. The van der Waals surface area contributed by atoms with Crippen molar-refractivity contribution in [2.75, 3.05) is 26.0 Å². The van der Waals surface area contributed by atoms with Gasteiger partial charge in [-0.05, 0) is 19.8 Å². The number of hydrogen-bond donors (Lipinski definition) is 1. The first-order valence-electron chi connectivity index (χ1n) is 7.65. The number of aromatic nitrogens is 1. The molecule has 1 amide bonds. The zero-order valence-corrected chi connectivity index (χ0v) is 14.0. The molecular formula is C14H21N3O5S. The first-order valence-corrected chi connectivity index (χ1v) is 9.54. The number of piperidine rings is 1. The van der Waals surface area contributed by atoms with Crippen LogP contribution in [0, 0.1) is 12.8 Å². The lowest BCUT2D eigenvalue weighted by Gasteiger charge is -2.45. The van der Waals surface area contributed by atoms with E-state index in [1.54, 1.807) is 17.9 Å². The molecule has 0 saturated carbocycles.